The van der Waals surface area contributed by atoms with Crippen LogP contribution in [-0.4, -0.2) is 11.7 Å². The van der Waals surface area contributed by atoms with E-state index < -0.39 is 0 Å². The van der Waals surface area contributed by atoms with Crippen molar-refractivity contribution in [3.05, 3.63) is 11.6 Å². The van der Waals surface area contributed by atoms with Gasteiger partial charge in [-0.1, -0.05) is 5.92 Å². The highest BCUT2D eigenvalue weighted by Crippen LogP contribution is 1.84. The van der Waals surface area contributed by atoms with Crippen LogP contribution in [0.3, 0.4) is 0 Å². The normalized spacial score (nSPS) is 10.7. The highest BCUT2D eigenvalue weighted by molar-refractivity contribution is 5.22. The maximum atomic E-state index is 8.20. The third-order valence-corrected chi connectivity index (χ3v) is 0.625. The molecule has 0 aromatic rings. The van der Waals surface area contributed by atoms with Crippen molar-refractivity contribution in [3.8, 4) is 12.3 Å². The van der Waals surface area contributed by atoms with Gasteiger partial charge in [0.15, 0.2) is 0 Å². The molecule has 38 valence electrons. The summed E-state index contributed by atoms with van der Waals surface area (Å²) >= 11 is 0. The zero-order valence-corrected chi connectivity index (χ0v) is 4.31. The Hall–Kier alpha value is -0.740. The predicted molar refractivity (Wildman–Crippen MR) is 29.7 cm³/mol. The molecule has 0 unspecified atom stereocenters. The van der Waals surface area contributed by atoms with Crippen molar-refractivity contribution in [3.63, 3.8) is 0 Å². The van der Waals surface area contributed by atoms with Gasteiger partial charge in [0.25, 0.3) is 0 Å². The van der Waals surface area contributed by atoms with Gasteiger partial charge in [-0.3, -0.25) is 0 Å². The lowest BCUT2D eigenvalue weighted by atomic mass is 10.3. The summed E-state index contributed by atoms with van der Waals surface area (Å²) < 4.78 is 0. The van der Waals surface area contributed by atoms with E-state index in [1.807, 2.05) is 0 Å². The van der Waals surface area contributed by atoms with Crippen molar-refractivity contribution in [2.75, 3.05) is 6.61 Å². The van der Waals surface area contributed by atoms with Gasteiger partial charge in [0.05, 0.1) is 6.61 Å². The molecule has 0 aromatic carbocycles. The second-order valence-electron chi connectivity index (χ2n) is 1.21. The van der Waals surface area contributed by atoms with Gasteiger partial charge < -0.3 is 5.11 Å². The van der Waals surface area contributed by atoms with Crippen molar-refractivity contribution >= 4 is 0 Å². The lowest BCUT2D eigenvalue weighted by Crippen LogP contribution is -1.73. The summed E-state index contributed by atoms with van der Waals surface area (Å²) in [4.78, 5) is 0. The average molecular weight is 96.1 g/mol. The van der Waals surface area contributed by atoms with Crippen LogP contribution in [0.2, 0.25) is 0 Å². The molecule has 1 N–H and O–H groups in total. The number of aliphatic hydroxyl groups excluding tert-OH is 1. The number of terminal acetylenes is 1. The zero-order chi connectivity index (χ0) is 5.70. The Labute approximate surface area is 43.7 Å². The van der Waals surface area contributed by atoms with Crippen LogP contribution in [-0.2, 0) is 0 Å². The summed E-state index contributed by atoms with van der Waals surface area (Å²) in [6.07, 6.45) is 6.51. The molecule has 0 fully saturated rings. The average Bonchev–Trinajstić information content (AvgIpc) is 1.68. The molecule has 0 saturated heterocycles. The first-order valence-electron chi connectivity index (χ1n) is 2.05. The van der Waals surface area contributed by atoms with Crippen molar-refractivity contribution in [2.24, 2.45) is 0 Å². The maximum Gasteiger partial charge on any atom is 0.0624 e. The first-order chi connectivity index (χ1) is 3.31. The molecule has 0 radical (unpaired) electrons. The van der Waals surface area contributed by atoms with Crippen LogP contribution in [0.15, 0.2) is 11.6 Å². The summed E-state index contributed by atoms with van der Waals surface area (Å²) in [5.74, 6) is 2.37. The fraction of sp³-hybridized carbons (Fsp3) is 0.333. The fourth-order valence-corrected chi connectivity index (χ4v) is 0.196. The predicted octanol–water partition coefficient (Wildman–Crippen LogP) is 0.558. The van der Waals surface area contributed by atoms with Gasteiger partial charge in [0, 0.05) is 0 Å². The van der Waals surface area contributed by atoms with Gasteiger partial charge in [0.2, 0.25) is 0 Å². The van der Waals surface area contributed by atoms with Crippen molar-refractivity contribution in [1.29, 1.82) is 0 Å². The van der Waals surface area contributed by atoms with Gasteiger partial charge in [-0.25, -0.2) is 0 Å². The Morgan fingerprint density at radius 2 is 2.57 bits per heavy atom. The first-order valence-corrected chi connectivity index (χ1v) is 2.05. The second-order valence-corrected chi connectivity index (χ2v) is 1.21. The highest BCUT2D eigenvalue weighted by atomic mass is 16.2. The molecule has 1 nitrogen and oxygen atoms in total. The number of hydrogen-bond acceptors (Lipinski definition) is 1. The van der Waals surface area contributed by atoms with E-state index in [1.54, 1.807) is 13.0 Å². The first kappa shape index (κ1) is 6.26. The number of aliphatic hydroxyl groups is 1. The van der Waals surface area contributed by atoms with Gasteiger partial charge in [-0.2, -0.15) is 0 Å². The van der Waals surface area contributed by atoms with Crippen molar-refractivity contribution < 1.29 is 5.11 Å². The summed E-state index contributed by atoms with van der Waals surface area (Å²) in [5.41, 5.74) is 0.780. The molecular weight excluding hydrogens is 88.1 g/mol. The van der Waals surface area contributed by atoms with E-state index in [4.69, 9.17) is 11.5 Å². The Kier molecular flexibility index (Phi) is 3.09. The molecule has 0 heterocycles. The lowest BCUT2D eigenvalue weighted by Gasteiger charge is -1.80. The van der Waals surface area contributed by atoms with Gasteiger partial charge in [-0.15, -0.1) is 6.42 Å². The molecule has 0 aliphatic carbocycles. The van der Waals surface area contributed by atoms with Crippen molar-refractivity contribution in [1.82, 2.24) is 0 Å². The van der Waals surface area contributed by atoms with Crippen LogP contribution >= 0.6 is 0 Å². The Morgan fingerprint density at radius 3 is 2.71 bits per heavy atom. The summed E-state index contributed by atoms with van der Waals surface area (Å²) in [6, 6.07) is 0. The highest BCUT2D eigenvalue weighted by Gasteiger charge is 1.73. The molecule has 0 bridgehead atoms. The van der Waals surface area contributed by atoms with Gasteiger partial charge >= 0.3 is 0 Å². The van der Waals surface area contributed by atoms with E-state index in [0.717, 1.165) is 5.57 Å². The Balaban J connectivity index is 3.57. The van der Waals surface area contributed by atoms with E-state index in [1.165, 1.54) is 0 Å². The van der Waals surface area contributed by atoms with Crippen LogP contribution in [0, 0.1) is 12.3 Å². The molecule has 0 aliphatic rings. The molecule has 0 rings (SSSR count). The number of allylic oxidation sites excluding steroid dienone is 1. The molecule has 0 spiro atoms. The Bertz CT molecular complexity index is 106. The minimum absolute atomic E-state index is 0.0377. The zero-order valence-electron chi connectivity index (χ0n) is 4.31. The molecule has 1 heteroatoms. The summed E-state index contributed by atoms with van der Waals surface area (Å²) in [6.45, 7) is 1.81. The van der Waals surface area contributed by atoms with Crippen LogP contribution in [0.25, 0.3) is 0 Å². The quantitative estimate of drug-likeness (QED) is 0.473. The van der Waals surface area contributed by atoms with Crippen molar-refractivity contribution in [2.45, 2.75) is 6.92 Å². The molecule has 0 saturated carbocycles. The lowest BCUT2D eigenvalue weighted by molar-refractivity contribution is 0.342. The maximum absolute atomic E-state index is 8.20. The fourth-order valence-electron chi connectivity index (χ4n) is 0.196. The van der Waals surface area contributed by atoms with E-state index in [-0.39, 0.29) is 6.61 Å². The van der Waals surface area contributed by atoms with E-state index >= 15 is 0 Å². The minimum Gasteiger partial charge on any atom is -0.392 e. The van der Waals surface area contributed by atoms with Crippen LogP contribution in [0.1, 0.15) is 6.92 Å². The summed E-state index contributed by atoms with van der Waals surface area (Å²) in [5, 5.41) is 8.20. The molecule has 0 amide bonds. The summed E-state index contributed by atoms with van der Waals surface area (Å²) in [7, 11) is 0. The number of rotatable bonds is 1. The molecule has 0 aromatic heterocycles. The molecule has 7 heavy (non-hydrogen) atoms. The topological polar surface area (TPSA) is 20.2 Å². The van der Waals surface area contributed by atoms with Crippen LogP contribution < -0.4 is 0 Å². The van der Waals surface area contributed by atoms with E-state index in [0.29, 0.717) is 0 Å². The van der Waals surface area contributed by atoms with E-state index in [2.05, 4.69) is 5.92 Å². The largest absolute Gasteiger partial charge is 0.392 e. The number of hydrogen-bond donors (Lipinski definition) is 1. The molecule has 0 atom stereocenters. The van der Waals surface area contributed by atoms with Crippen LogP contribution in [0.4, 0.5) is 0 Å². The molecule has 0 aliphatic heterocycles. The van der Waals surface area contributed by atoms with Gasteiger partial charge in [-0.05, 0) is 18.6 Å². The van der Waals surface area contributed by atoms with Crippen LogP contribution in [0.5, 0.6) is 0 Å². The van der Waals surface area contributed by atoms with Gasteiger partial charge in [0.1, 0.15) is 0 Å². The van der Waals surface area contributed by atoms with E-state index in [9.17, 15) is 0 Å². The standard InChI is InChI=1S/C6H8O/c1-3-6(2)4-5-7/h1,4,7H,5H2,2H3. The SMILES string of the molecule is C#CC(C)=CCO. The Morgan fingerprint density at radius 1 is 2.00 bits per heavy atom. The third-order valence-electron chi connectivity index (χ3n) is 0.625. The molecular formula is C6H8O. The minimum atomic E-state index is 0.0377. The smallest absolute Gasteiger partial charge is 0.0624 e. The monoisotopic (exact) mass is 96.1 g/mol. The second kappa shape index (κ2) is 3.45. The third kappa shape index (κ3) is 3.08.